The van der Waals surface area contributed by atoms with Gasteiger partial charge in [-0.05, 0) is 49.1 Å². The highest BCUT2D eigenvalue weighted by atomic mass is 16.1. The molecule has 0 fully saturated rings. The average Bonchev–Trinajstić information content (AvgIpc) is 2.98. The highest BCUT2D eigenvalue weighted by Crippen LogP contribution is 2.21. The maximum absolute atomic E-state index is 10.8. The fourth-order valence-corrected chi connectivity index (χ4v) is 1.78. The molecule has 0 saturated carbocycles. The SMILES string of the molecule is C=C1C=C(C(C)=O)C=C1C.CC.CC.[B]Cc1ccc(CC)cc1. The molecule has 1 aromatic carbocycles. The molecule has 2 radical (unpaired) electrons. The summed E-state index contributed by atoms with van der Waals surface area (Å²) in [5.41, 5.74) is 5.38. The zero-order valence-corrected chi connectivity index (χ0v) is 16.6. The second kappa shape index (κ2) is 14.7. The van der Waals surface area contributed by atoms with Crippen molar-refractivity contribution in [2.24, 2.45) is 0 Å². The number of ketones is 1. The average molecular weight is 324 g/mol. The Kier molecular flexibility index (Phi) is 15.0. The smallest absolute Gasteiger partial charge is 0.159 e. The van der Waals surface area contributed by atoms with E-state index in [4.69, 9.17) is 7.85 Å². The number of allylic oxidation sites excluding steroid dienone is 5. The van der Waals surface area contributed by atoms with Crippen molar-refractivity contribution >= 4 is 13.6 Å². The van der Waals surface area contributed by atoms with Crippen LogP contribution >= 0.6 is 0 Å². The minimum atomic E-state index is 0.109. The summed E-state index contributed by atoms with van der Waals surface area (Å²) in [6, 6.07) is 8.42. The number of hydrogen-bond acceptors (Lipinski definition) is 1. The molecule has 0 atom stereocenters. The van der Waals surface area contributed by atoms with Gasteiger partial charge in [0.25, 0.3) is 0 Å². The normalized spacial score (nSPS) is 11.5. The van der Waals surface area contributed by atoms with E-state index >= 15 is 0 Å². The van der Waals surface area contributed by atoms with E-state index < -0.39 is 0 Å². The van der Waals surface area contributed by atoms with Crippen LogP contribution in [-0.2, 0) is 17.5 Å². The highest BCUT2D eigenvalue weighted by molar-refractivity contribution is 6.08. The summed E-state index contributed by atoms with van der Waals surface area (Å²) in [4.78, 5) is 10.8. The van der Waals surface area contributed by atoms with E-state index in [1.54, 1.807) is 6.92 Å². The van der Waals surface area contributed by atoms with E-state index in [-0.39, 0.29) is 5.78 Å². The van der Waals surface area contributed by atoms with Crippen molar-refractivity contribution < 1.29 is 4.79 Å². The standard InChI is InChI=1S/C9H11B.C9H10O.2C2H6/c1-2-8-3-5-9(7-10)6-4-8;1-6-4-9(8(3)10)5-7(6)2;2*1-2/h3-6H,2,7H2,1H3;4-5H,1H2,2-3H3;2*1-2H3. The molecular formula is C22H33BO. The van der Waals surface area contributed by atoms with Crippen LogP contribution in [0.4, 0.5) is 0 Å². The number of Topliss-reactive ketones (excluding diaryl/α,β-unsaturated/α-hetero) is 1. The third kappa shape index (κ3) is 9.34. The summed E-state index contributed by atoms with van der Waals surface area (Å²) >= 11 is 0. The molecule has 2 heteroatoms. The first-order valence-electron chi connectivity index (χ1n) is 8.86. The lowest BCUT2D eigenvalue weighted by molar-refractivity contribution is -0.113. The van der Waals surface area contributed by atoms with E-state index in [0.29, 0.717) is 6.32 Å². The lowest BCUT2D eigenvalue weighted by Gasteiger charge is -1.97. The molecule has 0 amide bonds. The fraction of sp³-hybridized carbons (Fsp3) is 0.409. The molecule has 0 N–H and O–H groups in total. The third-order valence-corrected chi connectivity index (χ3v) is 3.28. The molecule has 0 saturated heterocycles. The number of carbonyl (C=O) groups excluding carboxylic acids is 1. The Morgan fingerprint density at radius 1 is 1.00 bits per heavy atom. The first-order chi connectivity index (χ1) is 11.5. The van der Waals surface area contributed by atoms with Gasteiger partial charge in [-0.2, -0.15) is 0 Å². The fourth-order valence-electron chi connectivity index (χ4n) is 1.78. The van der Waals surface area contributed by atoms with Gasteiger partial charge in [0.15, 0.2) is 5.78 Å². The maximum atomic E-state index is 10.8. The van der Waals surface area contributed by atoms with Crippen molar-refractivity contribution in [2.75, 3.05) is 0 Å². The van der Waals surface area contributed by atoms with E-state index in [2.05, 4.69) is 37.8 Å². The van der Waals surface area contributed by atoms with E-state index in [0.717, 1.165) is 23.1 Å². The molecule has 0 aromatic heterocycles. The summed E-state index contributed by atoms with van der Waals surface area (Å²) in [7, 11) is 5.44. The summed E-state index contributed by atoms with van der Waals surface area (Å²) in [6.45, 7) is 17.4. The van der Waals surface area contributed by atoms with Gasteiger partial charge in [-0.1, -0.05) is 77.3 Å². The van der Waals surface area contributed by atoms with Crippen LogP contribution in [0.2, 0.25) is 0 Å². The van der Waals surface area contributed by atoms with Gasteiger partial charge in [-0.3, -0.25) is 4.79 Å². The van der Waals surface area contributed by atoms with Crippen LogP contribution < -0.4 is 0 Å². The molecule has 0 spiro atoms. The summed E-state index contributed by atoms with van der Waals surface area (Å²) in [5.74, 6) is 0.109. The van der Waals surface area contributed by atoms with Crippen molar-refractivity contribution in [1.29, 1.82) is 0 Å². The summed E-state index contributed by atoms with van der Waals surface area (Å²) < 4.78 is 0. The zero-order valence-electron chi connectivity index (χ0n) is 16.6. The van der Waals surface area contributed by atoms with Gasteiger partial charge in [-0.15, -0.1) is 0 Å². The van der Waals surface area contributed by atoms with Gasteiger partial charge in [0.2, 0.25) is 0 Å². The molecule has 0 bridgehead atoms. The van der Waals surface area contributed by atoms with Gasteiger partial charge in [0.1, 0.15) is 0 Å². The minimum Gasteiger partial charge on any atom is -0.295 e. The molecular weight excluding hydrogens is 291 g/mol. The van der Waals surface area contributed by atoms with E-state index in [9.17, 15) is 4.79 Å². The third-order valence-electron chi connectivity index (χ3n) is 3.28. The number of hydrogen-bond donors (Lipinski definition) is 0. The van der Waals surface area contributed by atoms with Crippen LogP contribution in [0.1, 0.15) is 59.6 Å². The molecule has 1 aliphatic carbocycles. The Bertz CT molecular complexity index is 515. The van der Waals surface area contributed by atoms with Gasteiger partial charge in [0, 0.05) is 5.57 Å². The molecule has 24 heavy (non-hydrogen) atoms. The van der Waals surface area contributed by atoms with Crippen LogP contribution in [0.5, 0.6) is 0 Å². The van der Waals surface area contributed by atoms with Crippen LogP contribution in [0.15, 0.2) is 59.7 Å². The van der Waals surface area contributed by atoms with Crippen molar-refractivity contribution in [3.8, 4) is 0 Å². The van der Waals surface area contributed by atoms with Gasteiger partial charge in [0.05, 0.1) is 7.85 Å². The highest BCUT2D eigenvalue weighted by Gasteiger charge is 2.08. The van der Waals surface area contributed by atoms with Crippen molar-refractivity contribution in [1.82, 2.24) is 0 Å². The predicted octanol–water partition coefficient (Wildman–Crippen LogP) is 5.99. The number of aryl methyl sites for hydroxylation is 1. The number of benzene rings is 1. The van der Waals surface area contributed by atoms with E-state index in [1.165, 1.54) is 11.1 Å². The Labute approximate surface area is 151 Å². The second-order valence-electron chi connectivity index (χ2n) is 4.88. The van der Waals surface area contributed by atoms with Crippen molar-refractivity contribution in [3.63, 3.8) is 0 Å². The zero-order chi connectivity index (χ0) is 19.1. The van der Waals surface area contributed by atoms with Gasteiger partial charge in [-0.25, -0.2) is 0 Å². The molecule has 1 nitrogen and oxygen atoms in total. The monoisotopic (exact) mass is 324 g/mol. The van der Waals surface area contributed by atoms with Crippen molar-refractivity contribution in [2.45, 2.75) is 61.2 Å². The molecule has 0 heterocycles. The molecule has 0 aliphatic heterocycles. The molecule has 130 valence electrons. The Morgan fingerprint density at radius 3 is 1.71 bits per heavy atom. The predicted molar refractivity (Wildman–Crippen MR) is 110 cm³/mol. The van der Waals surface area contributed by atoms with Crippen LogP contribution in [0.3, 0.4) is 0 Å². The van der Waals surface area contributed by atoms with Gasteiger partial charge >= 0.3 is 0 Å². The number of rotatable bonds is 3. The quantitative estimate of drug-likeness (QED) is 0.624. The largest absolute Gasteiger partial charge is 0.295 e. The van der Waals surface area contributed by atoms with Crippen LogP contribution in [0, 0.1) is 0 Å². The van der Waals surface area contributed by atoms with Crippen LogP contribution in [0.25, 0.3) is 0 Å². The summed E-state index contributed by atoms with van der Waals surface area (Å²) in [5, 5.41) is 0. The Balaban J connectivity index is 0. The molecule has 1 aromatic rings. The lowest BCUT2D eigenvalue weighted by atomic mass is 9.96. The Hall–Kier alpha value is -1.83. The lowest BCUT2D eigenvalue weighted by Crippen LogP contribution is -1.89. The van der Waals surface area contributed by atoms with Gasteiger partial charge < -0.3 is 0 Å². The summed E-state index contributed by atoms with van der Waals surface area (Å²) in [6.07, 6.45) is 5.43. The first kappa shape index (κ1) is 24.4. The van der Waals surface area contributed by atoms with E-state index in [1.807, 2.05) is 46.8 Å². The van der Waals surface area contributed by atoms with Crippen LogP contribution in [-0.4, -0.2) is 13.6 Å². The Morgan fingerprint density at radius 2 is 1.46 bits per heavy atom. The molecule has 0 unspecified atom stereocenters. The minimum absolute atomic E-state index is 0.109. The number of carbonyl (C=O) groups is 1. The maximum Gasteiger partial charge on any atom is 0.159 e. The first-order valence-corrected chi connectivity index (χ1v) is 8.86. The second-order valence-corrected chi connectivity index (χ2v) is 4.88. The molecule has 2 rings (SSSR count). The molecule has 1 aliphatic rings. The van der Waals surface area contributed by atoms with Crippen molar-refractivity contribution in [3.05, 3.63) is 70.8 Å². The topological polar surface area (TPSA) is 17.1 Å².